The highest BCUT2D eigenvalue weighted by Gasteiger charge is 2.22. The lowest BCUT2D eigenvalue weighted by Crippen LogP contribution is -2.38. The molecule has 24 heavy (non-hydrogen) atoms. The minimum absolute atomic E-state index is 0.412. The van der Waals surface area contributed by atoms with Crippen molar-refractivity contribution in [3.05, 3.63) is 47.1 Å². The lowest BCUT2D eigenvalue weighted by molar-refractivity contribution is 0.178. The van der Waals surface area contributed by atoms with Gasteiger partial charge in [-0.1, -0.05) is 0 Å². The van der Waals surface area contributed by atoms with Gasteiger partial charge >= 0.3 is 0 Å². The SMILES string of the molecule is Cc1ccc(S(=O)(=O)NCC2CCN(Cc3ccncc3)CC2)s1. The highest BCUT2D eigenvalue weighted by Crippen LogP contribution is 2.22. The smallest absolute Gasteiger partial charge is 0.250 e. The summed E-state index contributed by atoms with van der Waals surface area (Å²) in [5, 5.41) is 0. The zero-order valence-electron chi connectivity index (χ0n) is 13.8. The molecule has 3 heterocycles. The second kappa shape index (κ2) is 7.74. The number of aryl methyl sites for hydroxylation is 1. The van der Waals surface area contributed by atoms with Gasteiger partial charge in [-0.25, -0.2) is 13.1 Å². The van der Waals surface area contributed by atoms with E-state index in [2.05, 4.69) is 14.6 Å². The number of rotatable bonds is 6. The van der Waals surface area contributed by atoms with Crippen molar-refractivity contribution in [1.82, 2.24) is 14.6 Å². The molecule has 7 heteroatoms. The first kappa shape index (κ1) is 17.5. The molecule has 0 bridgehead atoms. The molecule has 0 radical (unpaired) electrons. The van der Waals surface area contributed by atoms with Crippen LogP contribution < -0.4 is 4.72 Å². The molecule has 0 aromatic carbocycles. The molecule has 0 saturated carbocycles. The van der Waals surface area contributed by atoms with Gasteiger partial charge < -0.3 is 0 Å². The van der Waals surface area contributed by atoms with Crippen molar-refractivity contribution in [3.63, 3.8) is 0 Å². The number of nitrogens with zero attached hydrogens (tertiary/aromatic N) is 2. The van der Waals surface area contributed by atoms with Crippen molar-refractivity contribution in [2.45, 2.75) is 30.5 Å². The number of nitrogens with one attached hydrogen (secondary N) is 1. The fourth-order valence-corrected chi connectivity index (χ4v) is 5.39. The first-order valence-corrected chi connectivity index (χ1v) is 10.5. The van der Waals surface area contributed by atoms with Crippen LogP contribution in [0.15, 0.2) is 40.9 Å². The largest absolute Gasteiger partial charge is 0.299 e. The minimum atomic E-state index is -3.35. The molecule has 1 aliphatic heterocycles. The molecule has 2 aromatic rings. The summed E-state index contributed by atoms with van der Waals surface area (Å²) in [6.07, 6.45) is 5.69. The molecule has 1 aliphatic rings. The third-order valence-corrected chi connectivity index (χ3v) is 7.32. The monoisotopic (exact) mass is 365 g/mol. The molecule has 1 fully saturated rings. The Balaban J connectivity index is 1.46. The van der Waals surface area contributed by atoms with E-state index in [0.717, 1.165) is 37.4 Å². The number of pyridine rings is 1. The molecular formula is C17H23N3O2S2. The van der Waals surface area contributed by atoms with Gasteiger partial charge in [0.2, 0.25) is 10.0 Å². The number of piperidine rings is 1. The molecule has 3 rings (SSSR count). The van der Waals surface area contributed by atoms with Gasteiger partial charge in [-0.15, -0.1) is 11.3 Å². The normalized spacial score (nSPS) is 17.2. The van der Waals surface area contributed by atoms with Crippen LogP contribution in [-0.4, -0.2) is 37.9 Å². The van der Waals surface area contributed by atoms with Gasteiger partial charge in [-0.05, 0) is 68.6 Å². The van der Waals surface area contributed by atoms with E-state index in [4.69, 9.17) is 0 Å². The first-order valence-electron chi connectivity index (χ1n) is 8.20. The third-order valence-electron chi connectivity index (χ3n) is 4.41. The fourth-order valence-electron chi connectivity index (χ4n) is 2.95. The second-order valence-electron chi connectivity index (χ2n) is 6.29. The minimum Gasteiger partial charge on any atom is -0.299 e. The second-order valence-corrected chi connectivity index (χ2v) is 9.57. The standard InChI is InChI=1S/C17H23N3O2S2/c1-14-2-3-17(23-14)24(21,22)19-12-15-6-10-20(11-7-15)13-16-4-8-18-9-5-16/h2-5,8-9,15,19H,6-7,10-13H2,1H3. The summed E-state index contributed by atoms with van der Waals surface area (Å²) >= 11 is 1.32. The van der Waals surface area contributed by atoms with Crippen molar-refractivity contribution in [2.24, 2.45) is 5.92 Å². The maximum atomic E-state index is 12.3. The Morgan fingerprint density at radius 3 is 2.54 bits per heavy atom. The van der Waals surface area contributed by atoms with Crippen LogP contribution in [0.1, 0.15) is 23.3 Å². The summed E-state index contributed by atoms with van der Waals surface area (Å²) in [6, 6.07) is 7.61. The zero-order valence-corrected chi connectivity index (χ0v) is 15.4. The Morgan fingerprint density at radius 1 is 1.21 bits per heavy atom. The van der Waals surface area contributed by atoms with Crippen molar-refractivity contribution in [3.8, 4) is 0 Å². The van der Waals surface area contributed by atoms with E-state index in [1.165, 1.54) is 16.9 Å². The highest BCUT2D eigenvalue weighted by atomic mass is 32.2. The Kier molecular flexibility index (Phi) is 5.65. The van der Waals surface area contributed by atoms with E-state index in [1.807, 2.05) is 37.5 Å². The zero-order chi connectivity index (χ0) is 17.0. The van der Waals surface area contributed by atoms with Gasteiger partial charge in [-0.2, -0.15) is 0 Å². The van der Waals surface area contributed by atoms with Crippen molar-refractivity contribution >= 4 is 21.4 Å². The van der Waals surface area contributed by atoms with E-state index in [9.17, 15) is 8.42 Å². The number of hydrogen-bond donors (Lipinski definition) is 1. The lowest BCUT2D eigenvalue weighted by atomic mass is 9.97. The third kappa shape index (κ3) is 4.63. The summed E-state index contributed by atoms with van der Waals surface area (Å²) in [5.41, 5.74) is 1.28. The van der Waals surface area contributed by atoms with E-state index in [0.29, 0.717) is 16.7 Å². The predicted octanol–water partition coefficient (Wildman–Crippen LogP) is 2.64. The molecule has 0 aliphatic carbocycles. The molecule has 2 aromatic heterocycles. The van der Waals surface area contributed by atoms with Gasteiger partial charge in [0, 0.05) is 30.4 Å². The maximum absolute atomic E-state index is 12.3. The van der Waals surface area contributed by atoms with Crippen LogP contribution in [0.3, 0.4) is 0 Å². The topological polar surface area (TPSA) is 62.3 Å². The van der Waals surface area contributed by atoms with Gasteiger partial charge in [-0.3, -0.25) is 9.88 Å². The average molecular weight is 366 g/mol. The average Bonchev–Trinajstić information content (AvgIpc) is 3.03. The molecule has 0 spiro atoms. The van der Waals surface area contributed by atoms with Gasteiger partial charge in [0.15, 0.2) is 0 Å². The van der Waals surface area contributed by atoms with Crippen LogP contribution in [0.4, 0.5) is 0 Å². The fraction of sp³-hybridized carbons (Fsp3) is 0.471. The van der Waals surface area contributed by atoms with Crippen LogP contribution in [0, 0.1) is 12.8 Å². The molecule has 0 atom stereocenters. The first-order chi connectivity index (χ1) is 11.5. The molecule has 0 amide bonds. The van der Waals surface area contributed by atoms with Crippen LogP contribution in [0.25, 0.3) is 0 Å². The highest BCUT2D eigenvalue weighted by molar-refractivity contribution is 7.91. The Labute approximate surface area is 147 Å². The summed E-state index contributed by atoms with van der Waals surface area (Å²) in [6.45, 7) is 5.40. The van der Waals surface area contributed by atoms with E-state index in [-0.39, 0.29) is 0 Å². The number of sulfonamides is 1. The number of hydrogen-bond acceptors (Lipinski definition) is 5. The van der Waals surface area contributed by atoms with Crippen molar-refractivity contribution < 1.29 is 8.42 Å². The van der Waals surface area contributed by atoms with Gasteiger partial charge in [0.1, 0.15) is 4.21 Å². The van der Waals surface area contributed by atoms with Crippen LogP contribution in [0.5, 0.6) is 0 Å². The van der Waals surface area contributed by atoms with Crippen molar-refractivity contribution in [1.29, 1.82) is 0 Å². The summed E-state index contributed by atoms with van der Waals surface area (Å²) in [7, 11) is -3.35. The van der Waals surface area contributed by atoms with E-state index < -0.39 is 10.0 Å². The molecule has 1 saturated heterocycles. The molecule has 1 N–H and O–H groups in total. The van der Waals surface area contributed by atoms with Crippen LogP contribution in [0.2, 0.25) is 0 Å². The van der Waals surface area contributed by atoms with E-state index in [1.54, 1.807) is 6.07 Å². The number of likely N-dealkylation sites (tertiary alicyclic amines) is 1. The Hall–Kier alpha value is -1.28. The Bertz CT molecular complexity index is 751. The van der Waals surface area contributed by atoms with Crippen molar-refractivity contribution in [2.75, 3.05) is 19.6 Å². The molecular weight excluding hydrogens is 342 g/mol. The summed E-state index contributed by atoms with van der Waals surface area (Å²) < 4.78 is 27.7. The number of aromatic nitrogens is 1. The Morgan fingerprint density at radius 2 is 1.92 bits per heavy atom. The van der Waals surface area contributed by atoms with E-state index >= 15 is 0 Å². The maximum Gasteiger partial charge on any atom is 0.250 e. The van der Waals surface area contributed by atoms with Gasteiger partial charge in [0.05, 0.1) is 0 Å². The quantitative estimate of drug-likeness (QED) is 0.855. The van der Waals surface area contributed by atoms with Gasteiger partial charge in [0.25, 0.3) is 0 Å². The molecule has 5 nitrogen and oxygen atoms in total. The lowest BCUT2D eigenvalue weighted by Gasteiger charge is -2.31. The van der Waals surface area contributed by atoms with Crippen LogP contribution >= 0.6 is 11.3 Å². The number of thiophene rings is 1. The summed E-state index contributed by atoms with van der Waals surface area (Å²) in [4.78, 5) is 7.47. The molecule has 130 valence electrons. The molecule has 0 unspecified atom stereocenters. The van der Waals surface area contributed by atoms with Crippen LogP contribution in [-0.2, 0) is 16.6 Å². The predicted molar refractivity (Wildman–Crippen MR) is 96.5 cm³/mol. The summed E-state index contributed by atoms with van der Waals surface area (Å²) in [5.74, 6) is 0.412.